The summed E-state index contributed by atoms with van der Waals surface area (Å²) in [5.74, 6) is -3.15. The van der Waals surface area contributed by atoms with E-state index in [1.807, 2.05) is 23.6 Å². The van der Waals surface area contributed by atoms with E-state index >= 15 is 0 Å². The largest absolute Gasteiger partial charge is 0.487 e. The minimum atomic E-state index is -1.12. The van der Waals surface area contributed by atoms with Crippen LogP contribution in [0.5, 0.6) is 11.5 Å². The van der Waals surface area contributed by atoms with Gasteiger partial charge >= 0.3 is 0 Å². The minimum absolute atomic E-state index is 0.00769. The summed E-state index contributed by atoms with van der Waals surface area (Å²) in [6.07, 6.45) is 3.78. The van der Waals surface area contributed by atoms with Gasteiger partial charge < -0.3 is 34.9 Å². The third-order valence-corrected chi connectivity index (χ3v) is 11.8. The average molecular weight is 906 g/mol. The van der Waals surface area contributed by atoms with Gasteiger partial charge in [0, 0.05) is 43.2 Å². The summed E-state index contributed by atoms with van der Waals surface area (Å²) in [6, 6.07) is 13.5. The second kappa shape index (κ2) is 20.9. The number of thiazole rings is 1. The first-order valence-electron chi connectivity index (χ1n) is 20.4. The van der Waals surface area contributed by atoms with Crippen LogP contribution in [0.1, 0.15) is 64.9 Å². The van der Waals surface area contributed by atoms with Crippen LogP contribution < -0.4 is 30.7 Å². The Morgan fingerprint density at radius 1 is 0.905 bits per heavy atom. The number of fused-ring (bicyclic) bond motifs is 1. The first-order chi connectivity index (χ1) is 30.5. The Morgan fingerprint density at radius 2 is 1.63 bits per heavy atom. The Balaban J connectivity index is 0.814. The van der Waals surface area contributed by atoms with Gasteiger partial charge in [0.2, 0.25) is 17.7 Å². The van der Waals surface area contributed by atoms with Crippen molar-refractivity contribution in [2.75, 3.05) is 51.4 Å². The number of pyridine rings is 1. The van der Waals surface area contributed by atoms with Gasteiger partial charge in [-0.25, -0.2) is 14.4 Å². The maximum atomic E-state index is 14.6. The molecular formula is C43H45ClFN7O10S. The first-order valence-corrected chi connectivity index (χ1v) is 21.7. The van der Waals surface area contributed by atoms with E-state index in [1.165, 1.54) is 35.6 Å². The van der Waals surface area contributed by atoms with E-state index in [1.54, 1.807) is 18.3 Å². The summed E-state index contributed by atoms with van der Waals surface area (Å²) >= 11 is 7.42. The number of carbonyl (C=O) groups is 6. The van der Waals surface area contributed by atoms with Crippen molar-refractivity contribution in [3.63, 3.8) is 0 Å². The second-order valence-corrected chi connectivity index (χ2v) is 16.3. The van der Waals surface area contributed by atoms with Crippen molar-refractivity contribution >= 4 is 69.3 Å². The van der Waals surface area contributed by atoms with E-state index in [0.29, 0.717) is 43.1 Å². The fraction of sp³-hybridized carbons (Fsp3) is 0.395. The molecule has 1 saturated heterocycles. The van der Waals surface area contributed by atoms with E-state index in [4.69, 9.17) is 35.5 Å². The van der Waals surface area contributed by atoms with Gasteiger partial charge in [0.15, 0.2) is 23.3 Å². The summed E-state index contributed by atoms with van der Waals surface area (Å²) < 4.78 is 37.5. The molecule has 1 aliphatic carbocycles. The summed E-state index contributed by atoms with van der Waals surface area (Å²) in [6.45, 7) is 0.833. The van der Waals surface area contributed by atoms with Crippen LogP contribution in [0, 0.1) is 11.2 Å². The Kier molecular flexibility index (Phi) is 14.9. The fourth-order valence-corrected chi connectivity index (χ4v) is 8.40. The number of aromatic nitrogens is 2. The summed E-state index contributed by atoms with van der Waals surface area (Å²) in [5.41, 5.74) is -0.0738. The Bertz CT molecular complexity index is 2330. The SMILES string of the molecule is O=C(COc1cccc2c1C(=O)N(C1CCC(=O)NC1=O)C2=O)NCCOCCOCCNC(=O)C1(Cc2cccc(Nc3nccs3)n2)CCC(Oc2cccc(Cl)c2F)CC1. The molecule has 4 aromatic rings. The van der Waals surface area contributed by atoms with Crippen LogP contribution in [0.4, 0.5) is 15.3 Å². The molecule has 63 heavy (non-hydrogen) atoms. The molecule has 1 unspecified atom stereocenters. The molecule has 1 saturated carbocycles. The van der Waals surface area contributed by atoms with E-state index in [0.717, 1.165) is 10.6 Å². The molecule has 2 fully saturated rings. The molecule has 0 radical (unpaired) electrons. The number of piperidine rings is 1. The van der Waals surface area contributed by atoms with Crippen LogP contribution in [0.3, 0.4) is 0 Å². The summed E-state index contributed by atoms with van der Waals surface area (Å²) in [5, 5.41) is 13.6. The van der Waals surface area contributed by atoms with Crippen molar-refractivity contribution in [2.45, 2.75) is 57.1 Å². The van der Waals surface area contributed by atoms with Gasteiger partial charge in [-0.2, -0.15) is 0 Å². The molecular weight excluding hydrogens is 861 g/mol. The van der Waals surface area contributed by atoms with Crippen LogP contribution in [0.25, 0.3) is 0 Å². The van der Waals surface area contributed by atoms with Gasteiger partial charge in [-0.05, 0) is 68.5 Å². The monoisotopic (exact) mass is 905 g/mol. The predicted molar refractivity (Wildman–Crippen MR) is 226 cm³/mol. The second-order valence-electron chi connectivity index (χ2n) is 15.0. The highest BCUT2D eigenvalue weighted by Gasteiger charge is 2.46. The molecule has 0 spiro atoms. The highest BCUT2D eigenvalue weighted by Crippen LogP contribution is 2.41. The number of anilines is 2. The Morgan fingerprint density at radius 3 is 2.38 bits per heavy atom. The molecule has 2 aliphatic heterocycles. The lowest BCUT2D eigenvalue weighted by molar-refractivity contribution is -0.136. The van der Waals surface area contributed by atoms with Gasteiger partial charge in [0.25, 0.3) is 17.7 Å². The number of ether oxygens (including phenoxy) is 4. The molecule has 332 valence electrons. The topological polar surface area (TPSA) is 216 Å². The molecule has 20 heteroatoms. The maximum Gasteiger partial charge on any atom is 0.266 e. The van der Waals surface area contributed by atoms with Crippen molar-refractivity contribution < 1.29 is 52.1 Å². The molecule has 2 aromatic heterocycles. The van der Waals surface area contributed by atoms with Gasteiger partial charge in [0.05, 0.1) is 54.1 Å². The standard InChI is InChI=1S/C43H45ClFN7O10S/c44-29-6-3-8-32(37(29)45)62-27-12-14-43(15-13-27,24-26-4-1-9-33(49-26)50-42-48-18-23-63-42)41(58)47-17-20-60-22-21-59-19-16-46-35(54)25-61-31-7-2-5-28-36(31)40(57)52(39(28)56)30-10-11-34(53)51-38(30)55/h1-9,18,23,27,30H,10-17,19-22,24-25H2,(H,46,54)(H,47,58)(H,48,49,50)(H,51,53,55). The number of hydrogen-bond donors (Lipinski definition) is 4. The molecule has 17 nitrogen and oxygen atoms in total. The minimum Gasteiger partial charge on any atom is -0.487 e. The van der Waals surface area contributed by atoms with Crippen LogP contribution >= 0.6 is 22.9 Å². The van der Waals surface area contributed by atoms with Crippen LogP contribution in [-0.4, -0.2) is 109 Å². The van der Waals surface area contributed by atoms with E-state index in [2.05, 4.69) is 26.3 Å². The van der Waals surface area contributed by atoms with Crippen molar-refractivity contribution in [1.82, 2.24) is 30.8 Å². The third-order valence-electron chi connectivity index (χ3n) is 10.8. The van der Waals surface area contributed by atoms with Gasteiger partial charge in [-0.15, -0.1) is 11.3 Å². The smallest absolute Gasteiger partial charge is 0.266 e. The zero-order valence-corrected chi connectivity index (χ0v) is 35.6. The van der Waals surface area contributed by atoms with E-state index < -0.39 is 53.4 Å². The quantitative estimate of drug-likeness (QED) is 0.0717. The number of hydrogen-bond acceptors (Lipinski definition) is 14. The maximum absolute atomic E-state index is 14.6. The average Bonchev–Trinajstić information content (AvgIpc) is 3.88. The molecule has 7 rings (SSSR count). The van der Waals surface area contributed by atoms with Crippen molar-refractivity contribution in [2.24, 2.45) is 5.41 Å². The lowest BCUT2D eigenvalue weighted by atomic mass is 9.69. The fourth-order valence-electron chi connectivity index (χ4n) is 7.70. The number of nitrogens with zero attached hydrogens (tertiary/aromatic N) is 3. The third kappa shape index (κ3) is 11.1. The molecule has 4 heterocycles. The molecule has 4 N–H and O–H groups in total. The van der Waals surface area contributed by atoms with Gasteiger partial charge in [-0.3, -0.25) is 39.0 Å². The lowest BCUT2D eigenvalue weighted by Gasteiger charge is -2.39. The zero-order chi connectivity index (χ0) is 44.3. The summed E-state index contributed by atoms with van der Waals surface area (Å²) in [7, 11) is 0. The Labute approximate surface area is 370 Å². The number of benzene rings is 2. The highest BCUT2D eigenvalue weighted by atomic mass is 35.5. The van der Waals surface area contributed by atoms with Gasteiger partial charge in [0.1, 0.15) is 17.6 Å². The number of halogens is 2. The molecule has 3 aliphatic rings. The number of nitrogens with one attached hydrogen (secondary N) is 4. The number of imide groups is 2. The molecule has 6 amide bonds. The molecule has 0 bridgehead atoms. The Hall–Kier alpha value is -6.02. The van der Waals surface area contributed by atoms with Crippen LogP contribution in [0.2, 0.25) is 5.02 Å². The molecule has 1 atom stereocenters. The van der Waals surface area contributed by atoms with Crippen LogP contribution in [0.15, 0.2) is 66.2 Å². The first kappa shape index (κ1) is 45.0. The van der Waals surface area contributed by atoms with Crippen molar-refractivity contribution in [3.8, 4) is 11.5 Å². The number of carbonyl (C=O) groups excluding carboxylic acids is 6. The normalized spacial score (nSPS) is 19.6. The predicted octanol–water partition coefficient (Wildman–Crippen LogP) is 4.37. The zero-order valence-electron chi connectivity index (χ0n) is 34.0. The number of rotatable bonds is 20. The van der Waals surface area contributed by atoms with Crippen molar-refractivity contribution in [1.29, 1.82) is 0 Å². The van der Waals surface area contributed by atoms with Gasteiger partial charge in [-0.1, -0.05) is 29.8 Å². The molecule has 2 aromatic carbocycles. The lowest BCUT2D eigenvalue weighted by Crippen LogP contribution is -2.54. The van der Waals surface area contributed by atoms with E-state index in [-0.39, 0.29) is 92.0 Å². The number of amides is 6. The van der Waals surface area contributed by atoms with E-state index in [9.17, 15) is 33.2 Å². The summed E-state index contributed by atoms with van der Waals surface area (Å²) in [4.78, 5) is 86.5. The van der Waals surface area contributed by atoms with Crippen LogP contribution in [-0.2, 0) is 35.1 Å². The highest BCUT2D eigenvalue weighted by molar-refractivity contribution is 7.13. The van der Waals surface area contributed by atoms with Crippen molar-refractivity contribution in [3.05, 3.63) is 93.8 Å².